The van der Waals surface area contributed by atoms with Crippen molar-refractivity contribution in [3.63, 3.8) is 0 Å². The van der Waals surface area contributed by atoms with Crippen molar-refractivity contribution >= 4 is 34.5 Å². The molecular formula is C8H5Cl2N3S. The van der Waals surface area contributed by atoms with Gasteiger partial charge in [0.15, 0.2) is 10.8 Å². The van der Waals surface area contributed by atoms with Gasteiger partial charge in [0.05, 0.1) is 0 Å². The summed E-state index contributed by atoms with van der Waals surface area (Å²) >= 11 is 13.2. The molecule has 0 unspecified atom stereocenters. The van der Waals surface area contributed by atoms with E-state index in [1.807, 2.05) is 5.38 Å². The Morgan fingerprint density at radius 3 is 2.36 bits per heavy atom. The molecule has 0 N–H and O–H groups in total. The van der Waals surface area contributed by atoms with Crippen LogP contribution in [0.15, 0.2) is 11.6 Å². The Morgan fingerprint density at radius 1 is 1.21 bits per heavy atom. The Labute approximate surface area is 94.8 Å². The molecule has 2 aromatic heterocycles. The molecule has 0 saturated carbocycles. The maximum atomic E-state index is 5.88. The molecule has 0 fully saturated rings. The maximum absolute atomic E-state index is 5.88. The van der Waals surface area contributed by atoms with Gasteiger partial charge < -0.3 is 0 Å². The van der Waals surface area contributed by atoms with E-state index in [1.54, 1.807) is 13.1 Å². The number of nitrogens with zero attached hydrogens (tertiary/aromatic N) is 3. The fourth-order valence-electron chi connectivity index (χ4n) is 0.893. The first-order valence-electron chi connectivity index (χ1n) is 3.78. The summed E-state index contributed by atoms with van der Waals surface area (Å²) in [7, 11) is 0. The Hall–Kier alpha value is -0.710. The van der Waals surface area contributed by atoms with Gasteiger partial charge in [-0.2, -0.15) is 0 Å². The molecule has 0 spiro atoms. The highest BCUT2D eigenvalue weighted by molar-refractivity contribution is 7.13. The average molecular weight is 246 g/mol. The third-order valence-corrected chi connectivity index (χ3v) is 3.16. The first kappa shape index (κ1) is 9.83. The Morgan fingerprint density at radius 2 is 1.86 bits per heavy atom. The smallest absolute Gasteiger partial charge is 0.191 e. The van der Waals surface area contributed by atoms with Crippen molar-refractivity contribution in [2.24, 2.45) is 0 Å². The van der Waals surface area contributed by atoms with Crippen molar-refractivity contribution in [3.8, 4) is 10.8 Å². The van der Waals surface area contributed by atoms with Crippen LogP contribution in [0.3, 0.4) is 0 Å². The van der Waals surface area contributed by atoms with Crippen LogP contribution in [0.2, 0.25) is 10.3 Å². The zero-order valence-electron chi connectivity index (χ0n) is 7.16. The molecule has 0 aliphatic rings. The second-order valence-corrected chi connectivity index (χ2v) is 4.20. The standard InChI is InChI=1S/C8H5Cl2N3S/c1-4-5(9)12-7(13-6(4)10)8-11-2-3-14-8/h2-3H,1H3. The molecule has 0 aromatic carbocycles. The Bertz CT molecular complexity index is 433. The van der Waals surface area contributed by atoms with E-state index in [0.29, 0.717) is 26.7 Å². The number of thiazole rings is 1. The van der Waals surface area contributed by atoms with Crippen LogP contribution in [0.25, 0.3) is 10.8 Å². The fourth-order valence-corrected chi connectivity index (χ4v) is 1.85. The van der Waals surface area contributed by atoms with E-state index in [9.17, 15) is 0 Å². The molecule has 6 heteroatoms. The largest absolute Gasteiger partial charge is 0.241 e. The Kier molecular flexibility index (Phi) is 2.67. The van der Waals surface area contributed by atoms with Crippen molar-refractivity contribution < 1.29 is 0 Å². The minimum atomic E-state index is 0.371. The van der Waals surface area contributed by atoms with Crippen molar-refractivity contribution in [2.75, 3.05) is 0 Å². The predicted molar refractivity (Wildman–Crippen MR) is 57.9 cm³/mol. The van der Waals surface area contributed by atoms with Crippen LogP contribution in [0, 0.1) is 6.92 Å². The highest BCUT2D eigenvalue weighted by Gasteiger charge is 2.10. The SMILES string of the molecule is Cc1c(Cl)nc(-c2nccs2)nc1Cl. The maximum Gasteiger partial charge on any atom is 0.191 e. The summed E-state index contributed by atoms with van der Waals surface area (Å²) in [4.78, 5) is 12.3. The molecular weight excluding hydrogens is 241 g/mol. The second-order valence-electron chi connectivity index (χ2n) is 2.59. The van der Waals surface area contributed by atoms with Gasteiger partial charge in [0.2, 0.25) is 0 Å². The number of aromatic nitrogens is 3. The molecule has 0 atom stereocenters. The van der Waals surface area contributed by atoms with Crippen molar-refractivity contribution in [1.29, 1.82) is 0 Å². The monoisotopic (exact) mass is 245 g/mol. The van der Waals surface area contributed by atoms with Crippen molar-refractivity contribution in [2.45, 2.75) is 6.92 Å². The molecule has 2 rings (SSSR count). The van der Waals surface area contributed by atoms with Gasteiger partial charge in [-0.05, 0) is 6.92 Å². The lowest BCUT2D eigenvalue weighted by Crippen LogP contribution is -1.93. The Balaban J connectivity index is 2.57. The van der Waals surface area contributed by atoms with Crippen LogP contribution < -0.4 is 0 Å². The van der Waals surface area contributed by atoms with E-state index in [2.05, 4.69) is 15.0 Å². The van der Waals surface area contributed by atoms with Gasteiger partial charge in [0.1, 0.15) is 10.3 Å². The molecule has 0 bridgehead atoms. The summed E-state index contributed by atoms with van der Waals surface area (Å²) in [5, 5.41) is 3.31. The molecule has 0 aliphatic carbocycles. The molecule has 14 heavy (non-hydrogen) atoms. The lowest BCUT2D eigenvalue weighted by atomic mass is 10.4. The van der Waals surface area contributed by atoms with E-state index < -0.39 is 0 Å². The van der Waals surface area contributed by atoms with Crippen LogP contribution in [-0.4, -0.2) is 15.0 Å². The summed E-state index contributed by atoms with van der Waals surface area (Å²) in [6.45, 7) is 1.77. The van der Waals surface area contributed by atoms with Gasteiger partial charge in [-0.1, -0.05) is 23.2 Å². The number of halogens is 2. The molecule has 0 amide bonds. The summed E-state index contributed by atoms with van der Waals surface area (Å²) in [6.07, 6.45) is 1.69. The normalized spacial score (nSPS) is 10.5. The lowest BCUT2D eigenvalue weighted by molar-refractivity contribution is 1.13. The zero-order valence-corrected chi connectivity index (χ0v) is 9.49. The third-order valence-electron chi connectivity index (χ3n) is 1.65. The van der Waals surface area contributed by atoms with Crippen LogP contribution >= 0.6 is 34.5 Å². The van der Waals surface area contributed by atoms with Gasteiger partial charge in [-0.15, -0.1) is 11.3 Å². The van der Waals surface area contributed by atoms with Gasteiger partial charge in [-0.3, -0.25) is 0 Å². The van der Waals surface area contributed by atoms with Crippen molar-refractivity contribution in [3.05, 3.63) is 27.4 Å². The summed E-state index contributed by atoms with van der Waals surface area (Å²) in [5.41, 5.74) is 0.689. The lowest BCUT2D eigenvalue weighted by Gasteiger charge is -2.01. The average Bonchev–Trinajstić information content (AvgIpc) is 2.66. The van der Waals surface area contributed by atoms with Crippen LogP contribution in [0.5, 0.6) is 0 Å². The first-order chi connectivity index (χ1) is 6.68. The molecule has 2 aromatic rings. The summed E-state index contributed by atoms with van der Waals surface area (Å²) in [6, 6.07) is 0. The predicted octanol–water partition coefficient (Wildman–Crippen LogP) is 3.22. The minimum absolute atomic E-state index is 0.371. The van der Waals surface area contributed by atoms with E-state index in [1.165, 1.54) is 11.3 Å². The van der Waals surface area contributed by atoms with Crippen LogP contribution in [0.1, 0.15) is 5.56 Å². The highest BCUT2D eigenvalue weighted by Crippen LogP contribution is 2.25. The van der Waals surface area contributed by atoms with Crippen LogP contribution in [-0.2, 0) is 0 Å². The summed E-state index contributed by atoms with van der Waals surface area (Å²) < 4.78 is 0. The fraction of sp³-hybridized carbons (Fsp3) is 0.125. The van der Waals surface area contributed by atoms with Gasteiger partial charge in [0.25, 0.3) is 0 Å². The first-order valence-corrected chi connectivity index (χ1v) is 5.41. The quantitative estimate of drug-likeness (QED) is 0.725. The molecule has 72 valence electrons. The van der Waals surface area contributed by atoms with Crippen molar-refractivity contribution in [1.82, 2.24) is 15.0 Å². The summed E-state index contributed by atoms with van der Waals surface area (Å²) in [5.74, 6) is 0.473. The number of hydrogen-bond acceptors (Lipinski definition) is 4. The zero-order chi connectivity index (χ0) is 10.1. The van der Waals surface area contributed by atoms with E-state index in [4.69, 9.17) is 23.2 Å². The van der Waals surface area contributed by atoms with Gasteiger partial charge in [-0.25, -0.2) is 15.0 Å². The highest BCUT2D eigenvalue weighted by atomic mass is 35.5. The molecule has 0 saturated heterocycles. The van der Waals surface area contributed by atoms with Gasteiger partial charge >= 0.3 is 0 Å². The van der Waals surface area contributed by atoms with Gasteiger partial charge in [0, 0.05) is 17.1 Å². The third kappa shape index (κ3) is 1.73. The molecule has 3 nitrogen and oxygen atoms in total. The molecule has 0 radical (unpaired) electrons. The number of hydrogen-bond donors (Lipinski definition) is 0. The van der Waals surface area contributed by atoms with E-state index >= 15 is 0 Å². The minimum Gasteiger partial charge on any atom is -0.241 e. The number of rotatable bonds is 1. The second kappa shape index (κ2) is 3.81. The molecule has 0 aliphatic heterocycles. The molecule has 2 heterocycles. The van der Waals surface area contributed by atoms with Crippen LogP contribution in [0.4, 0.5) is 0 Å². The van der Waals surface area contributed by atoms with E-state index in [0.717, 1.165) is 0 Å². The van der Waals surface area contributed by atoms with E-state index in [-0.39, 0.29) is 0 Å². The topological polar surface area (TPSA) is 38.7 Å².